The summed E-state index contributed by atoms with van der Waals surface area (Å²) in [6.07, 6.45) is 3.59. The van der Waals surface area contributed by atoms with E-state index in [1.807, 2.05) is 12.1 Å². The Balaban J connectivity index is 1.29. The van der Waals surface area contributed by atoms with Crippen LogP contribution in [0.15, 0.2) is 66.7 Å². The number of hydrogen-bond donors (Lipinski definition) is 1. The van der Waals surface area contributed by atoms with Crippen LogP contribution in [0.2, 0.25) is 0 Å². The van der Waals surface area contributed by atoms with Crippen LogP contribution in [0.25, 0.3) is 10.8 Å². The zero-order valence-electron chi connectivity index (χ0n) is 18.2. The standard InChI is InChI=1S/C27H31NO3/c1-20(25-14-6-10-22-9-2-3-13-26(22)25)7-4-12-24-19-28(15-16-31-24)18-21-8-5-11-23(17-21)27(29)30/h2-3,5-6,8-11,13-14,17,20,24H,4,7,12,15-16,18-19H2,1H3,(H,29,30)/t20-,24?/m0/s1. The second kappa shape index (κ2) is 10.1. The van der Waals surface area contributed by atoms with E-state index in [2.05, 4.69) is 54.3 Å². The number of aromatic carboxylic acids is 1. The van der Waals surface area contributed by atoms with E-state index in [0.29, 0.717) is 11.5 Å². The molecular formula is C27H31NO3. The van der Waals surface area contributed by atoms with Crippen LogP contribution in [0, 0.1) is 0 Å². The largest absolute Gasteiger partial charge is 0.478 e. The molecule has 162 valence electrons. The third-order valence-electron chi connectivity index (χ3n) is 6.32. The van der Waals surface area contributed by atoms with Gasteiger partial charge in [-0.25, -0.2) is 4.79 Å². The van der Waals surface area contributed by atoms with Crippen LogP contribution in [0.1, 0.15) is 53.6 Å². The number of nitrogens with zero attached hydrogens (tertiary/aromatic N) is 1. The van der Waals surface area contributed by atoms with Gasteiger partial charge in [0.1, 0.15) is 0 Å². The van der Waals surface area contributed by atoms with E-state index in [4.69, 9.17) is 4.74 Å². The molecule has 1 N–H and O–H groups in total. The number of fused-ring (bicyclic) bond motifs is 1. The lowest BCUT2D eigenvalue weighted by molar-refractivity contribution is -0.0358. The number of hydrogen-bond acceptors (Lipinski definition) is 3. The number of carbonyl (C=O) groups is 1. The Bertz CT molecular complexity index is 1030. The zero-order valence-corrected chi connectivity index (χ0v) is 18.2. The summed E-state index contributed by atoms with van der Waals surface area (Å²) >= 11 is 0. The van der Waals surface area contributed by atoms with Gasteiger partial charge in [-0.05, 0) is 52.8 Å². The Labute approximate surface area is 184 Å². The van der Waals surface area contributed by atoms with E-state index in [-0.39, 0.29) is 6.10 Å². The van der Waals surface area contributed by atoms with Gasteiger partial charge in [-0.2, -0.15) is 0 Å². The number of carboxylic acids is 1. The van der Waals surface area contributed by atoms with Gasteiger partial charge in [-0.1, -0.05) is 67.9 Å². The van der Waals surface area contributed by atoms with Crippen molar-refractivity contribution in [3.05, 3.63) is 83.4 Å². The molecule has 0 aromatic heterocycles. The smallest absolute Gasteiger partial charge is 0.335 e. The molecule has 4 heteroatoms. The lowest BCUT2D eigenvalue weighted by Gasteiger charge is -2.33. The lowest BCUT2D eigenvalue weighted by Crippen LogP contribution is -2.41. The Morgan fingerprint density at radius 3 is 2.81 bits per heavy atom. The first-order valence-corrected chi connectivity index (χ1v) is 11.2. The Morgan fingerprint density at radius 1 is 1.13 bits per heavy atom. The molecule has 0 bridgehead atoms. The van der Waals surface area contributed by atoms with Crippen molar-refractivity contribution in [2.24, 2.45) is 0 Å². The molecule has 4 nitrogen and oxygen atoms in total. The van der Waals surface area contributed by atoms with Crippen LogP contribution in [-0.2, 0) is 11.3 Å². The minimum absolute atomic E-state index is 0.246. The van der Waals surface area contributed by atoms with Gasteiger partial charge in [0, 0.05) is 19.6 Å². The molecule has 3 aromatic rings. The summed E-state index contributed by atoms with van der Waals surface area (Å²) in [5, 5.41) is 11.9. The SMILES string of the molecule is C[C@@H](CCCC1CN(Cc2cccc(C(=O)O)c2)CCO1)c1cccc2ccccc12. The molecule has 4 rings (SSSR count). The second-order valence-corrected chi connectivity index (χ2v) is 8.63. The molecular weight excluding hydrogens is 386 g/mol. The molecule has 0 spiro atoms. The number of benzene rings is 3. The predicted octanol–water partition coefficient (Wildman–Crippen LogP) is 5.71. The van der Waals surface area contributed by atoms with Crippen LogP contribution < -0.4 is 0 Å². The number of morpholine rings is 1. The van der Waals surface area contributed by atoms with E-state index in [9.17, 15) is 9.90 Å². The Morgan fingerprint density at radius 2 is 1.94 bits per heavy atom. The summed E-state index contributed by atoms with van der Waals surface area (Å²) in [5.74, 6) is -0.355. The number of ether oxygens (including phenoxy) is 1. The highest BCUT2D eigenvalue weighted by Gasteiger charge is 2.21. The molecule has 0 amide bonds. The summed E-state index contributed by atoms with van der Waals surface area (Å²) in [6.45, 7) is 5.63. The summed E-state index contributed by atoms with van der Waals surface area (Å²) in [6, 6.07) is 22.5. The first-order chi connectivity index (χ1) is 15.1. The first-order valence-electron chi connectivity index (χ1n) is 11.2. The van der Waals surface area contributed by atoms with Crippen LogP contribution in [0.4, 0.5) is 0 Å². The normalized spacial score (nSPS) is 18.2. The minimum atomic E-state index is -0.873. The van der Waals surface area contributed by atoms with E-state index in [0.717, 1.165) is 51.1 Å². The minimum Gasteiger partial charge on any atom is -0.478 e. The Hall–Kier alpha value is -2.69. The van der Waals surface area contributed by atoms with Crippen molar-refractivity contribution in [2.45, 2.75) is 44.8 Å². The average molecular weight is 418 g/mol. The topological polar surface area (TPSA) is 49.8 Å². The van der Waals surface area contributed by atoms with Gasteiger partial charge < -0.3 is 9.84 Å². The van der Waals surface area contributed by atoms with Gasteiger partial charge in [0.05, 0.1) is 18.3 Å². The van der Waals surface area contributed by atoms with Gasteiger partial charge in [0.15, 0.2) is 0 Å². The molecule has 31 heavy (non-hydrogen) atoms. The van der Waals surface area contributed by atoms with Crippen LogP contribution in [-0.4, -0.2) is 41.8 Å². The highest BCUT2D eigenvalue weighted by Crippen LogP contribution is 2.29. The molecule has 1 heterocycles. The van der Waals surface area contributed by atoms with Crippen molar-refractivity contribution in [2.75, 3.05) is 19.7 Å². The van der Waals surface area contributed by atoms with Gasteiger partial charge in [-0.15, -0.1) is 0 Å². The molecule has 3 aromatic carbocycles. The van der Waals surface area contributed by atoms with Gasteiger partial charge in [0.25, 0.3) is 0 Å². The molecule has 1 unspecified atom stereocenters. The zero-order chi connectivity index (χ0) is 21.6. The van der Waals surface area contributed by atoms with Crippen molar-refractivity contribution in [3.8, 4) is 0 Å². The molecule has 1 aliphatic rings. The Kier molecular flexibility index (Phi) is 7.00. The van der Waals surface area contributed by atoms with Crippen LogP contribution >= 0.6 is 0 Å². The first kappa shape index (κ1) is 21.5. The fourth-order valence-electron chi connectivity index (χ4n) is 4.65. The van der Waals surface area contributed by atoms with Gasteiger partial charge in [-0.3, -0.25) is 4.90 Å². The van der Waals surface area contributed by atoms with E-state index >= 15 is 0 Å². The third kappa shape index (κ3) is 5.52. The van der Waals surface area contributed by atoms with Crippen molar-refractivity contribution in [1.29, 1.82) is 0 Å². The summed E-state index contributed by atoms with van der Waals surface area (Å²) in [7, 11) is 0. The van der Waals surface area contributed by atoms with Crippen molar-refractivity contribution in [1.82, 2.24) is 4.90 Å². The molecule has 0 radical (unpaired) electrons. The highest BCUT2D eigenvalue weighted by atomic mass is 16.5. The third-order valence-corrected chi connectivity index (χ3v) is 6.32. The predicted molar refractivity (Wildman–Crippen MR) is 125 cm³/mol. The second-order valence-electron chi connectivity index (χ2n) is 8.63. The van der Waals surface area contributed by atoms with Crippen LogP contribution in [0.3, 0.4) is 0 Å². The molecule has 1 saturated heterocycles. The summed E-state index contributed by atoms with van der Waals surface area (Å²) < 4.78 is 6.03. The molecule has 0 aliphatic carbocycles. The molecule has 2 atom stereocenters. The maximum atomic E-state index is 11.2. The van der Waals surface area contributed by atoms with E-state index in [1.54, 1.807) is 12.1 Å². The monoisotopic (exact) mass is 417 g/mol. The fraction of sp³-hybridized carbons (Fsp3) is 0.370. The maximum Gasteiger partial charge on any atom is 0.335 e. The summed E-state index contributed by atoms with van der Waals surface area (Å²) in [5.41, 5.74) is 2.83. The van der Waals surface area contributed by atoms with E-state index in [1.165, 1.54) is 16.3 Å². The van der Waals surface area contributed by atoms with Gasteiger partial charge >= 0.3 is 5.97 Å². The number of rotatable bonds is 8. The number of carboxylic acid groups (broad SMARTS) is 1. The van der Waals surface area contributed by atoms with Crippen LogP contribution in [0.5, 0.6) is 0 Å². The molecule has 0 saturated carbocycles. The van der Waals surface area contributed by atoms with E-state index < -0.39 is 5.97 Å². The van der Waals surface area contributed by atoms with Crippen molar-refractivity contribution < 1.29 is 14.6 Å². The molecule has 1 aliphatic heterocycles. The quantitative estimate of drug-likeness (QED) is 0.510. The lowest BCUT2D eigenvalue weighted by atomic mass is 9.90. The van der Waals surface area contributed by atoms with Gasteiger partial charge in [0.2, 0.25) is 0 Å². The summed E-state index contributed by atoms with van der Waals surface area (Å²) in [4.78, 5) is 13.6. The fourth-order valence-corrected chi connectivity index (χ4v) is 4.65. The highest BCUT2D eigenvalue weighted by molar-refractivity contribution is 5.87. The van der Waals surface area contributed by atoms with Crippen molar-refractivity contribution >= 4 is 16.7 Å². The van der Waals surface area contributed by atoms with Crippen molar-refractivity contribution in [3.63, 3.8) is 0 Å². The average Bonchev–Trinajstić information content (AvgIpc) is 2.79. The molecule has 1 fully saturated rings. The maximum absolute atomic E-state index is 11.2.